The topological polar surface area (TPSA) is 110 Å². The number of nitrogens with zero attached hydrogens (tertiary/aromatic N) is 5. The van der Waals surface area contributed by atoms with E-state index in [4.69, 9.17) is 21.3 Å². The molecule has 0 spiro atoms. The molecular weight excluding hydrogens is 354 g/mol. The van der Waals surface area contributed by atoms with Gasteiger partial charge in [-0.2, -0.15) is 5.10 Å². The Hall–Kier alpha value is -3.29. The van der Waals surface area contributed by atoms with E-state index >= 15 is 0 Å². The van der Waals surface area contributed by atoms with Crippen LogP contribution in [0.5, 0.6) is 5.88 Å². The molecule has 28 heavy (non-hydrogen) atoms. The average molecular weight is 379 g/mol. The highest BCUT2D eigenvalue weighted by atomic mass is 16.5. The lowest BCUT2D eigenvalue weighted by Crippen LogP contribution is -2.30. The summed E-state index contributed by atoms with van der Waals surface area (Å²) in [7, 11) is 0. The molecule has 1 aromatic carbocycles. The van der Waals surface area contributed by atoms with Crippen LogP contribution in [0.25, 0.3) is 5.69 Å². The maximum absolute atomic E-state index is 6.41. The molecule has 0 amide bonds. The molecule has 0 saturated carbocycles. The van der Waals surface area contributed by atoms with Crippen molar-refractivity contribution in [1.82, 2.24) is 24.8 Å². The summed E-state index contributed by atoms with van der Waals surface area (Å²) in [6, 6.07) is 8.04. The zero-order valence-corrected chi connectivity index (χ0v) is 16.5. The predicted molar refractivity (Wildman–Crippen MR) is 106 cm³/mol. The molecule has 0 radical (unpaired) electrons. The van der Waals surface area contributed by atoms with Gasteiger partial charge in [0.25, 0.3) is 0 Å². The number of fused-ring (bicyclic) bond motifs is 1. The first-order valence-corrected chi connectivity index (χ1v) is 9.33. The van der Waals surface area contributed by atoms with Gasteiger partial charge >= 0.3 is 0 Å². The summed E-state index contributed by atoms with van der Waals surface area (Å²) in [5, 5.41) is 12.7. The molecule has 3 aromatic rings. The van der Waals surface area contributed by atoms with Crippen molar-refractivity contribution < 1.29 is 4.74 Å². The van der Waals surface area contributed by atoms with E-state index in [1.807, 2.05) is 28.9 Å². The maximum Gasteiger partial charge on any atom is 0.224 e. The zero-order valence-electron chi connectivity index (χ0n) is 16.5. The number of hydrogen-bond donors (Lipinski definition) is 2. The Balaban J connectivity index is 1.85. The molecule has 8 nitrogen and oxygen atoms in total. The third kappa shape index (κ3) is 2.81. The second-order valence-electron chi connectivity index (χ2n) is 7.90. The van der Waals surface area contributed by atoms with E-state index in [1.54, 1.807) is 17.1 Å². The zero-order chi connectivity index (χ0) is 20.1. The van der Waals surface area contributed by atoms with Crippen LogP contribution in [0, 0.1) is 0 Å². The number of aryl methyl sites for hydroxylation is 1. The monoisotopic (exact) mass is 379 g/mol. The fraction of sp³-hybridized carbons (Fsp3) is 0.350. The first-order chi connectivity index (χ1) is 13.3. The third-order valence-electron chi connectivity index (χ3n) is 4.93. The molecule has 0 bridgehead atoms. The molecule has 1 aliphatic heterocycles. The second kappa shape index (κ2) is 6.40. The van der Waals surface area contributed by atoms with Gasteiger partial charge < -0.3 is 16.2 Å². The number of ether oxygens (including phenoxy) is 1. The summed E-state index contributed by atoms with van der Waals surface area (Å²) in [5.41, 5.74) is 16.7. The quantitative estimate of drug-likeness (QED) is 0.723. The molecule has 146 valence electrons. The van der Waals surface area contributed by atoms with Crippen LogP contribution in [0.1, 0.15) is 50.4 Å². The summed E-state index contributed by atoms with van der Waals surface area (Å²) in [6.07, 6.45) is 4.22. The van der Waals surface area contributed by atoms with Gasteiger partial charge in [-0.15, -0.1) is 5.10 Å². The summed E-state index contributed by atoms with van der Waals surface area (Å²) >= 11 is 0. The molecule has 2 aromatic heterocycles. The lowest BCUT2D eigenvalue weighted by Gasteiger charge is -2.28. The highest BCUT2D eigenvalue weighted by Crippen LogP contribution is 2.44. The van der Waals surface area contributed by atoms with E-state index in [0.717, 1.165) is 28.9 Å². The van der Waals surface area contributed by atoms with Crippen molar-refractivity contribution in [1.29, 1.82) is 0 Å². The normalized spacial score (nSPS) is 16.8. The van der Waals surface area contributed by atoms with Crippen molar-refractivity contribution in [3.63, 3.8) is 0 Å². The van der Waals surface area contributed by atoms with Crippen molar-refractivity contribution in [2.75, 3.05) is 0 Å². The lowest BCUT2D eigenvalue weighted by atomic mass is 9.86. The number of allylic oxidation sites excluding steroid dienone is 1. The van der Waals surface area contributed by atoms with E-state index in [9.17, 15) is 0 Å². The van der Waals surface area contributed by atoms with Gasteiger partial charge in [-0.3, -0.25) is 0 Å². The Kier molecular flexibility index (Phi) is 4.14. The molecule has 0 aliphatic carbocycles. The highest BCUT2D eigenvalue weighted by molar-refractivity contribution is 5.52. The van der Waals surface area contributed by atoms with Crippen LogP contribution in [0.3, 0.4) is 0 Å². The van der Waals surface area contributed by atoms with Crippen LogP contribution in [0.2, 0.25) is 0 Å². The van der Waals surface area contributed by atoms with Gasteiger partial charge in [0.05, 0.1) is 46.5 Å². The second-order valence-corrected chi connectivity index (χ2v) is 7.90. The summed E-state index contributed by atoms with van der Waals surface area (Å²) in [4.78, 5) is 0. The van der Waals surface area contributed by atoms with Crippen LogP contribution < -0.4 is 16.2 Å². The Morgan fingerprint density at radius 3 is 2.43 bits per heavy atom. The number of benzene rings is 1. The van der Waals surface area contributed by atoms with E-state index in [0.29, 0.717) is 11.6 Å². The Labute approximate surface area is 163 Å². The van der Waals surface area contributed by atoms with Gasteiger partial charge in [0, 0.05) is 0 Å². The van der Waals surface area contributed by atoms with Crippen molar-refractivity contribution in [2.24, 2.45) is 11.5 Å². The fourth-order valence-corrected chi connectivity index (χ4v) is 3.53. The SMILES string of the molecule is CCc1nn(C(C)(C)C)c2c1C(c1ccc(-n3ccnn3)cc1)C(N)=C(N)O2. The Bertz CT molecular complexity index is 1020. The minimum Gasteiger partial charge on any atom is -0.421 e. The molecule has 0 fully saturated rings. The fourth-order valence-electron chi connectivity index (χ4n) is 3.53. The van der Waals surface area contributed by atoms with E-state index in [2.05, 4.69) is 38.0 Å². The van der Waals surface area contributed by atoms with Crippen LogP contribution in [0.4, 0.5) is 0 Å². The van der Waals surface area contributed by atoms with E-state index in [-0.39, 0.29) is 17.3 Å². The number of aromatic nitrogens is 5. The van der Waals surface area contributed by atoms with E-state index < -0.39 is 0 Å². The molecular formula is C20H25N7O. The highest BCUT2D eigenvalue weighted by Gasteiger charge is 2.37. The summed E-state index contributed by atoms with van der Waals surface area (Å²) in [6.45, 7) is 8.34. The molecule has 3 heterocycles. The maximum atomic E-state index is 6.41. The van der Waals surface area contributed by atoms with Crippen molar-refractivity contribution in [3.8, 4) is 11.6 Å². The Morgan fingerprint density at radius 2 is 1.86 bits per heavy atom. The van der Waals surface area contributed by atoms with Gasteiger partial charge in [-0.1, -0.05) is 24.3 Å². The number of hydrogen-bond acceptors (Lipinski definition) is 6. The first kappa shape index (κ1) is 18.1. The number of rotatable bonds is 3. The van der Waals surface area contributed by atoms with Gasteiger partial charge in [-0.25, -0.2) is 9.36 Å². The molecule has 1 atom stereocenters. The summed E-state index contributed by atoms with van der Waals surface area (Å²) in [5.74, 6) is 0.687. The van der Waals surface area contributed by atoms with Gasteiger partial charge in [-0.05, 0) is 44.9 Å². The first-order valence-electron chi connectivity index (χ1n) is 9.33. The number of nitrogens with two attached hydrogens (primary N) is 2. The van der Waals surface area contributed by atoms with Gasteiger partial charge in [0.2, 0.25) is 11.8 Å². The van der Waals surface area contributed by atoms with Crippen LogP contribution in [0.15, 0.2) is 48.2 Å². The van der Waals surface area contributed by atoms with Crippen molar-refractivity contribution in [2.45, 2.75) is 45.6 Å². The molecule has 1 unspecified atom stereocenters. The van der Waals surface area contributed by atoms with Gasteiger partial charge in [0.1, 0.15) is 0 Å². The van der Waals surface area contributed by atoms with Crippen LogP contribution in [-0.4, -0.2) is 24.8 Å². The standard InChI is InChI=1S/C20H25N7O/c1-5-14-16-15(12-6-8-13(9-7-12)26-11-10-23-25-26)17(21)18(22)28-19(16)27(24-14)20(2,3)4/h6-11,15H,5,21-22H2,1-4H3. The van der Waals surface area contributed by atoms with E-state index in [1.165, 1.54) is 0 Å². The Morgan fingerprint density at radius 1 is 1.14 bits per heavy atom. The molecule has 0 saturated heterocycles. The smallest absolute Gasteiger partial charge is 0.224 e. The average Bonchev–Trinajstić information content (AvgIpc) is 3.30. The molecule has 1 aliphatic rings. The molecule has 4 N–H and O–H groups in total. The minimum absolute atomic E-state index is 0.209. The molecule has 8 heteroatoms. The lowest BCUT2D eigenvalue weighted by molar-refractivity contribution is 0.276. The largest absolute Gasteiger partial charge is 0.421 e. The van der Waals surface area contributed by atoms with Gasteiger partial charge in [0.15, 0.2) is 0 Å². The predicted octanol–water partition coefficient (Wildman–Crippen LogP) is 2.39. The van der Waals surface area contributed by atoms with Crippen LogP contribution >= 0.6 is 0 Å². The minimum atomic E-state index is -0.245. The van der Waals surface area contributed by atoms with Crippen molar-refractivity contribution in [3.05, 3.63) is 65.1 Å². The third-order valence-corrected chi connectivity index (χ3v) is 4.93. The van der Waals surface area contributed by atoms with Crippen molar-refractivity contribution >= 4 is 0 Å². The molecule has 4 rings (SSSR count). The van der Waals surface area contributed by atoms with Crippen LogP contribution in [-0.2, 0) is 12.0 Å². The summed E-state index contributed by atoms with van der Waals surface area (Å²) < 4.78 is 9.54.